The standard InChI is InChI=1S/C25H27F3N2O5/c1-14(2)12-20(21(31)32)29-22(33)24(3,25(26,27)28)30-23(34)35-13-19-17-10-6-4-8-15(17)16-9-5-7-11-18(16)19/h4-11,14,19-20H,12-13H2,1-3H3,(H,29,33)(H,30,34)(H,31,32)/t20-,24?/m0/s1. The Morgan fingerprint density at radius 2 is 1.51 bits per heavy atom. The van der Waals surface area contributed by atoms with Crippen molar-refractivity contribution < 1.29 is 37.4 Å². The highest BCUT2D eigenvalue weighted by atomic mass is 19.4. The first-order valence-corrected chi connectivity index (χ1v) is 11.1. The fourth-order valence-electron chi connectivity index (χ4n) is 4.09. The summed E-state index contributed by atoms with van der Waals surface area (Å²) in [5.74, 6) is -3.76. The Kier molecular flexibility index (Phi) is 7.42. The molecule has 0 fully saturated rings. The van der Waals surface area contributed by atoms with Crippen LogP contribution in [0.4, 0.5) is 18.0 Å². The van der Waals surface area contributed by atoms with E-state index >= 15 is 0 Å². The summed E-state index contributed by atoms with van der Waals surface area (Å²) in [7, 11) is 0. The normalized spacial score (nSPS) is 15.5. The number of halogens is 3. The van der Waals surface area contributed by atoms with Crippen LogP contribution >= 0.6 is 0 Å². The zero-order chi connectivity index (χ0) is 26.0. The van der Waals surface area contributed by atoms with Crippen LogP contribution in [0.5, 0.6) is 0 Å². The maximum absolute atomic E-state index is 13.9. The monoisotopic (exact) mass is 492 g/mol. The number of alkyl carbamates (subject to hydrolysis) is 1. The number of rotatable bonds is 8. The number of aliphatic carboxylic acids is 1. The molecule has 2 aromatic rings. The maximum Gasteiger partial charge on any atom is 0.420 e. The van der Waals surface area contributed by atoms with Gasteiger partial charge in [0.1, 0.15) is 12.6 Å². The van der Waals surface area contributed by atoms with Gasteiger partial charge in [0.25, 0.3) is 5.91 Å². The molecule has 0 aliphatic heterocycles. The van der Waals surface area contributed by atoms with Crippen LogP contribution in [0, 0.1) is 5.92 Å². The van der Waals surface area contributed by atoms with Crippen LogP contribution in [0.1, 0.15) is 44.2 Å². The van der Waals surface area contributed by atoms with Gasteiger partial charge in [-0.15, -0.1) is 0 Å². The summed E-state index contributed by atoms with van der Waals surface area (Å²) in [5.41, 5.74) is 0.231. The number of ether oxygens (including phenoxy) is 1. The number of carboxylic acids is 1. The molecule has 1 aliphatic rings. The fourth-order valence-corrected chi connectivity index (χ4v) is 4.09. The van der Waals surface area contributed by atoms with E-state index in [9.17, 15) is 32.7 Å². The van der Waals surface area contributed by atoms with Gasteiger partial charge < -0.3 is 15.2 Å². The van der Waals surface area contributed by atoms with E-state index in [4.69, 9.17) is 4.74 Å². The fraction of sp³-hybridized carbons (Fsp3) is 0.400. The van der Waals surface area contributed by atoms with Gasteiger partial charge in [-0.2, -0.15) is 13.2 Å². The van der Waals surface area contributed by atoms with Crippen molar-refractivity contribution >= 4 is 18.0 Å². The third kappa shape index (κ3) is 5.41. The van der Waals surface area contributed by atoms with Gasteiger partial charge >= 0.3 is 18.2 Å². The largest absolute Gasteiger partial charge is 0.480 e. The van der Waals surface area contributed by atoms with Crippen molar-refractivity contribution in [3.63, 3.8) is 0 Å². The molecular formula is C25H27F3N2O5. The SMILES string of the molecule is CC(C)C[C@H](NC(=O)C(C)(NC(=O)OCC1c2ccccc2-c2ccccc21)C(F)(F)F)C(=O)O. The quantitative estimate of drug-likeness (QED) is 0.505. The van der Waals surface area contributed by atoms with E-state index in [1.165, 1.54) is 0 Å². The molecule has 3 rings (SSSR count). The summed E-state index contributed by atoms with van der Waals surface area (Å²) in [4.78, 5) is 36.4. The average Bonchev–Trinajstić information content (AvgIpc) is 3.09. The van der Waals surface area contributed by atoms with Crippen molar-refractivity contribution in [2.75, 3.05) is 6.61 Å². The first kappa shape index (κ1) is 26.1. The third-order valence-electron chi connectivity index (χ3n) is 6.03. The Hall–Kier alpha value is -3.56. The zero-order valence-electron chi connectivity index (χ0n) is 19.5. The molecule has 2 atom stereocenters. The van der Waals surface area contributed by atoms with Gasteiger partial charge in [-0.05, 0) is 41.5 Å². The van der Waals surface area contributed by atoms with Crippen LogP contribution in [0.3, 0.4) is 0 Å². The summed E-state index contributed by atoms with van der Waals surface area (Å²) in [5, 5.41) is 12.8. The minimum absolute atomic E-state index is 0.0834. The van der Waals surface area contributed by atoms with Crippen molar-refractivity contribution in [3.05, 3.63) is 59.7 Å². The van der Waals surface area contributed by atoms with E-state index < -0.39 is 35.7 Å². The van der Waals surface area contributed by atoms with E-state index in [1.807, 2.05) is 53.8 Å². The molecule has 2 aromatic carbocycles. The second-order valence-corrected chi connectivity index (χ2v) is 9.07. The second-order valence-electron chi connectivity index (χ2n) is 9.07. The lowest BCUT2D eigenvalue weighted by atomic mass is 9.97. The number of hydrogen-bond acceptors (Lipinski definition) is 4. The van der Waals surface area contributed by atoms with Crippen molar-refractivity contribution in [1.82, 2.24) is 10.6 Å². The average molecular weight is 492 g/mol. The first-order valence-electron chi connectivity index (χ1n) is 11.1. The summed E-state index contributed by atoms with van der Waals surface area (Å²) < 4.78 is 46.8. The number of nitrogens with one attached hydrogen (secondary N) is 2. The summed E-state index contributed by atoms with van der Waals surface area (Å²) in [6.07, 6.45) is -6.75. The van der Waals surface area contributed by atoms with Gasteiger partial charge in [0.2, 0.25) is 5.54 Å². The van der Waals surface area contributed by atoms with E-state index in [0.717, 1.165) is 22.3 Å². The first-order chi connectivity index (χ1) is 16.3. The maximum atomic E-state index is 13.9. The second kappa shape index (κ2) is 9.97. The van der Waals surface area contributed by atoms with Crippen molar-refractivity contribution in [2.45, 2.75) is 50.9 Å². The molecule has 10 heteroatoms. The number of carbonyl (C=O) groups excluding carboxylic acids is 2. The number of fused-ring (bicyclic) bond motifs is 3. The predicted octanol–water partition coefficient (Wildman–Crippen LogP) is 4.46. The number of benzene rings is 2. The molecule has 3 N–H and O–H groups in total. The van der Waals surface area contributed by atoms with Gasteiger partial charge in [0.15, 0.2) is 0 Å². The Balaban J connectivity index is 1.75. The van der Waals surface area contributed by atoms with Crippen molar-refractivity contribution in [1.29, 1.82) is 0 Å². The third-order valence-corrected chi connectivity index (χ3v) is 6.03. The van der Waals surface area contributed by atoms with Crippen LogP contribution < -0.4 is 10.6 Å². The lowest BCUT2D eigenvalue weighted by Gasteiger charge is -2.32. The van der Waals surface area contributed by atoms with Crippen LogP contribution in [0.15, 0.2) is 48.5 Å². The molecule has 7 nitrogen and oxygen atoms in total. The molecule has 188 valence electrons. The molecule has 35 heavy (non-hydrogen) atoms. The number of carboxylic acid groups (broad SMARTS) is 1. The van der Waals surface area contributed by atoms with Crippen LogP contribution in [-0.4, -0.2) is 47.4 Å². The Morgan fingerprint density at radius 1 is 1.00 bits per heavy atom. The molecule has 1 aliphatic carbocycles. The molecule has 0 radical (unpaired) electrons. The van der Waals surface area contributed by atoms with Gasteiger partial charge in [-0.3, -0.25) is 10.1 Å². The summed E-state index contributed by atoms with van der Waals surface area (Å²) in [6, 6.07) is 13.4. The molecule has 0 spiro atoms. The minimum Gasteiger partial charge on any atom is -0.480 e. The van der Waals surface area contributed by atoms with Crippen LogP contribution in [-0.2, 0) is 14.3 Å². The van der Waals surface area contributed by atoms with Crippen molar-refractivity contribution in [2.24, 2.45) is 5.92 Å². The van der Waals surface area contributed by atoms with Gasteiger partial charge in [-0.1, -0.05) is 62.4 Å². The van der Waals surface area contributed by atoms with E-state index in [2.05, 4.69) is 0 Å². The number of alkyl halides is 3. The van der Waals surface area contributed by atoms with Crippen LogP contribution in [0.25, 0.3) is 11.1 Å². The van der Waals surface area contributed by atoms with E-state index in [-0.39, 0.29) is 24.9 Å². The Labute approximate surface area is 200 Å². The zero-order valence-corrected chi connectivity index (χ0v) is 19.5. The van der Waals surface area contributed by atoms with Crippen molar-refractivity contribution in [3.8, 4) is 11.1 Å². The Morgan fingerprint density at radius 3 is 1.97 bits per heavy atom. The Bertz CT molecular complexity index is 1070. The highest BCUT2D eigenvalue weighted by Gasteiger charge is 2.59. The molecule has 0 aromatic heterocycles. The summed E-state index contributed by atoms with van der Waals surface area (Å²) >= 11 is 0. The molecule has 1 unspecified atom stereocenters. The molecule has 0 bridgehead atoms. The lowest BCUT2D eigenvalue weighted by Crippen LogP contribution is -2.67. The number of hydrogen-bond donors (Lipinski definition) is 3. The highest BCUT2D eigenvalue weighted by Crippen LogP contribution is 2.44. The van der Waals surface area contributed by atoms with Gasteiger partial charge in [0.05, 0.1) is 0 Å². The predicted molar refractivity (Wildman–Crippen MR) is 122 cm³/mol. The highest BCUT2D eigenvalue weighted by molar-refractivity contribution is 5.93. The van der Waals surface area contributed by atoms with Crippen LogP contribution in [0.2, 0.25) is 0 Å². The van der Waals surface area contributed by atoms with E-state index in [1.54, 1.807) is 19.2 Å². The minimum atomic E-state index is -5.22. The molecule has 0 heterocycles. The topological polar surface area (TPSA) is 105 Å². The molecular weight excluding hydrogens is 465 g/mol. The molecule has 0 saturated carbocycles. The van der Waals surface area contributed by atoms with E-state index in [0.29, 0.717) is 6.92 Å². The molecule has 2 amide bonds. The van der Waals surface area contributed by atoms with Gasteiger partial charge in [-0.25, -0.2) is 9.59 Å². The lowest BCUT2D eigenvalue weighted by molar-refractivity contribution is -0.195. The smallest absolute Gasteiger partial charge is 0.420 e. The number of carbonyl (C=O) groups is 3. The number of amides is 2. The summed E-state index contributed by atoms with van der Waals surface area (Å²) in [6.45, 7) is 3.55. The van der Waals surface area contributed by atoms with Gasteiger partial charge in [0, 0.05) is 5.92 Å². The molecule has 0 saturated heterocycles.